The maximum Gasteiger partial charge on any atom is 0.310 e. The minimum atomic E-state index is -0.960. The summed E-state index contributed by atoms with van der Waals surface area (Å²) in [7, 11) is 0. The fraction of sp³-hybridized carbons (Fsp3) is 0.286. The van der Waals surface area contributed by atoms with Crippen LogP contribution in [0.3, 0.4) is 0 Å². The molecule has 0 aromatic heterocycles. The number of benzene rings is 1. The van der Waals surface area contributed by atoms with Crippen molar-refractivity contribution in [3.8, 4) is 0 Å². The highest BCUT2D eigenvalue weighted by Crippen LogP contribution is 2.18. The number of hydrogen-bond acceptors (Lipinski definition) is 2. The van der Waals surface area contributed by atoms with Crippen molar-refractivity contribution in [2.24, 2.45) is 5.92 Å². The van der Waals surface area contributed by atoms with Gasteiger partial charge in [-0.3, -0.25) is 9.59 Å². The molecule has 2 rings (SSSR count). The number of rotatable bonds is 4. The van der Waals surface area contributed by atoms with Crippen LogP contribution in [0.15, 0.2) is 30.4 Å². The SMILES string of the molecule is O=C(Cc1c(F)cccc1F)NC1C=CC(C(=O)O)C1. The lowest BCUT2D eigenvalue weighted by atomic mass is 10.1. The molecular weight excluding hydrogens is 268 g/mol. The Bertz CT molecular complexity index is 551. The van der Waals surface area contributed by atoms with Gasteiger partial charge in [-0.05, 0) is 18.6 Å². The standard InChI is InChI=1S/C14H13F2NO3/c15-11-2-1-3-12(16)10(11)7-13(18)17-9-5-4-8(6-9)14(19)20/h1-5,8-9H,6-7H2,(H,17,18)(H,19,20). The van der Waals surface area contributed by atoms with Gasteiger partial charge in [-0.2, -0.15) is 0 Å². The van der Waals surface area contributed by atoms with E-state index < -0.39 is 41.9 Å². The number of carbonyl (C=O) groups excluding carboxylic acids is 1. The maximum atomic E-state index is 13.4. The van der Waals surface area contributed by atoms with Crippen LogP contribution in [-0.4, -0.2) is 23.0 Å². The molecule has 1 aromatic rings. The first-order valence-corrected chi connectivity index (χ1v) is 6.10. The van der Waals surface area contributed by atoms with E-state index in [0.717, 1.165) is 12.1 Å². The summed E-state index contributed by atoms with van der Waals surface area (Å²) in [4.78, 5) is 22.5. The van der Waals surface area contributed by atoms with Gasteiger partial charge in [0.1, 0.15) is 11.6 Å². The molecule has 6 heteroatoms. The normalized spacial score (nSPS) is 20.9. The quantitative estimate of drug-likeness (QED) is 0.825. The predicted octanol–water partition coefficient (Wildman–Crippen LogP) is 1.65. The van der Waals surface area contributed by atoms with E-state index in [1.54, 1.807) is 6.08 Å². The van der Waals surface area contributed by atoms with Crippen molar-refractivity contribution in [1.29, 1.82) is 0 Å². The molecule has 0 bridgehead atoms. The molecule has 1 aromatic carbocycles. The van der Waals surface area contributed by atoms with Gasteiger partial charge in [0.2, 0.25) is 5.91 Å². The molecule has 20 heavy (non-hydrogen) atoms. The molecule has 106 valence electrons. The number of carbonyl (C=O) groups is 2. The topological polar surface area (TPSA) is 66.4 Å². The minimum absolute atomic E-state index is 0.251. The van der Waals surface area contributed by atoms with Crippen LogP contribution in [0, 0.1) is 17.6 Å². The van der Waals surface area contributed by atoms with Gasteiger partial charge >= 0.3 is 5.97 Å². The first kappa shape index (κ1) is 14.2. The first-order chi connectivity index (χ1) is 9.47. The van der Waals surface area contributed by atoms with Crippen LogP contribution in [-0.2, 0) is 16.0 Å². The van der Waals surface area contributed by atoms with Crippen molar-refractivity contribution in [1.82, 2.24) is 5.32 Å². The molecular formula is C14H13F2NO3. The predicted molar refractivity (Wildman–Crippen MR) is 66.9 cm³/mol. The summed E-state index contributed by atoms with van der Waals surface area (Å²) < 4.78 is 26.8. The molecule has 1 aliphatic rings. The highest BCUT2D eigenvalue weighted by Gasteiger charge is 2.25. The summed E-state index contributed by atoms with van der Waals surface area (Å²) in [6, 6.07) is 2.98. The monoisotopic (exact) mass is 281 g/mol. The molecule has 4 nitrogen and oxygen atoms in total. The van der Waals surface area contributed by atoms with Crippen LogP contribution >= 0.6 is 0 Å². The highest BCUT2D eigenvalue weighted by atomic mass is 19.1. The number of amides is 1. The summed E-state index contributed by atoms with van der Waals surface area (Å²) in [5.74, 6) is -3.69. The van der Waals surface area contributed by atoms with Gasteiger partial charge < -0.3 is 10.4 Å². The average molecular weight is 281 g/mol. The molecule has 0 fully saturated rings. The highest BCUT2D eigenvalue weighted by molar-refractivity contribution is 5.80. The summed E-state index contributed by atoms with van der Waals surface area (Å²) >= 11 is 0. The second-order valence-electron chi connectivity index (χ2n) is 4.62. The van der Waals surface area contributed by atoms with E-state index >= 15 is 0 Å². The van der Waals surface area contributed by atoms with Gasteiger partial charge in [-0.25, -0.2) is 8.78 Å². The number of nitrogens with one attached hydrogen (secondary N) is 1. The number of carboxylic acids is 1. The Morgan fingerprint density at radius 1 is 1.25 bits per heavy atom. The van der Waals surface area contributed by atoms with Crippen LogP contribution in [0.5, 0.6) is 0 Å². The van der Waals surface area contributed by atoms with E-state index in [0.29, 0.717) is 0 Å². The smallest absolute Gasteiger partial charge is 0.310 e. The molecule has 2 unspecified atom stereocenters. The van der Waals surface area contributed by atoms with E-state index in [1.165, 1.54) is 12.1 Å². The third kappa shape index (κ3) is 3.20. The van der Waals surface area contributed by atoms with Crippen molar-refractivity contribution < 1.29 is 23.5 Å². The van der Waals surface area contributed by atoms with Gasteiger partial charge in [0.15, 0.2) is 0 Å². The van der Waals surface area contributed by atoms with Gasteiger partial charge in [0.05, 0.1) is 12.3 Å². The Hall–Kier alpha value is -2.24. The van der Waals surface area contributed by atoms with Crippen molar-refractivity contribution in [2.45, 2.75) is 18.9 Å². The number of hydrogen-bond donors (Lipinski definition) is 2. The Balaban J connectivity index is 1.94. The summed E-state index contributed by atoms with van der Waals surface area (Å²) in [6.45, 7) is 0. The fourth-order valence-electron chi connectivity index (χ4n) is 2.11. The Kier molecular flexibility index (Phi) is 4.12. The summed E-state index contributed by atoms with van der Waals surface area (Å²) in [5, 5.41) is 11.4. The molecule has 0 saturated heterocycles. The summed E-state index contributed by atoms with van der Waals surface area (Å²) in [5.41, 5.74) is -0.290. The number of aliphatic carboxylic acids is 1. The zero-order valence-electron chi connectivity index (χ0n) is 10.5. The van der Waals surface area contributed by atoms with E-state index in [-0.39, 0.29) is 12.0 Å². The second kappa shape index (κ2) is 5.81. The zero-order valence-corrected chi connectivity index (χ0v) is 10.5. The minimum Gasteiger partial charge on any atom is -0.481 e. The number of carboxylic acid groups (broad SMARTS) is 1. The molecule has 0 heterocycles. The lowest BCUT2D eigenvalue weighted by Gasteiger charge is -2.12. The van der Waals surface area contributed by atoms with E-state index in [4.69, 9.17) is 5.11 Å². The molecule has 0 radical (unpaired) electrons. The zero-order chi connectivity index (χ0) is 14.7. The average Bonchev–Trinajstić information content (AvgIpc) is 2.82. The van der Waals surface area contributed by atoms with Crippen LogP contribution in [0.1, 0.15) is 12.0 Å². The fourth-order valence-corrected chi connectivity index (χ4v) is 2.11. The summed E-state index contributed by atoms with van der Waals surface area (Å²) in [6.07, 6.45) is 2.91. The van der Waals surface area contributed by atoms with Gasteiger partial charge in [0, 0.05) is 11.6 Å². The molecule has 0 saturated carbocycles. The lowest BCUT2D eigenvalue weighted by Crippen LogP contribution is -2.34. The van der Waals surface area contributed by atoms with Gasteiger partial charge in [0.25, 0.3) is 0 Å². The Morgan fingerprint density at radius 2 is 1.90 bits per heavy atom. The van der Waals surface area contributed by atoms with E-state index in [2.05, 4.69) is 5.32 Å². The molecule has 1 aliphatic carbocycles. The van der Waals surface area contributed by atoms with Crippen LogP contribution in [0.2, 0.25) is 0 Å². The van der Waals surface area contributed by atoms with Crippen LogP contribution in [0.4, 0.5) is 8.78 Å². The lowest BCUT2D eigenvalue weighted by molar-refractivity contribution is -0.140. The molecule has 2 atom stereocenters. The largest absolute Gasteiger partial charge is 0.481 e. The van der Waals surface area contributed by atoms with Gasteiger partial charge in [-0.1, -0.05) is 18.2 Å². The Morgan fingerprint density at radius 3 is 2.45 bits per heavy atom. The maximum absolute atomic E-state index is 13.4. The van der Waals surface area contributed by atoms with Crippen molar-refractivity contribution >= 4 is 11.9 Å². The van der Waals surface area contributed by atoms with Crippen molar-refractivity contribution in [2.75, 3.05) is 0 Å². The third-order valence-electron chi connectivity index (χ3n) is 3.15. The van der Waals surface area contributed by atoms with Crippen molar-refractivity contribution in [3.05, 3.63) is 47.5 Å². The molecule has 0 spiro atoms. The second-order valence-corrected chi connectivity index (χ2v) is 4.62. The third-order valence-corrected chi connectivity index (χ3v) is 3.15. The molecule has 0 aliphatic heterocycles. The Labute approximate surface area is 114 Å². The van der Waals surface area contributed by atoms with Gasteiger partial charge in [-0.15, -0.1) is 0 Å². The molecule has 1 amide bonds. The van der Waals surface area contributed by atoms with Crippen LogP contribution < -0.4 is 5.32 Å². The molecule has 2 N–H and O–H groups in total. The number of halogens is 2. The van der Waals surface area contributed by atoms with Crippen LogP contribution in [0.25, 0.3) is 0 Å². The first-order valence-electron chi connectivity index (χ1n) is 6.10. The van der Waals surface area contributed by atoms with Crippen molar-refractivity contribution in [3.63, 3.8) is 0 Å². The van der Waals surface area contributed by atoms with E-state index in [1.807, 2.05) is 0 Å². The van der Waals surface area contributed by atoms with E-state index in [9.17, 15) is 18.4 Å².